The summed E-state index contributed by atoms with van der Waals surface area (Å²) in [5.41, 5.74) is 1.83. The van der Waals surface area contributed by atoms with Gasteiger partial charge in [0.2, 0.25) is 0 Å². The van der Waals surface area contributed by atoms with Crippen molar-refractivity contribution in [3.8, 4) is 11.4 Å². The van der Waals surface area contributed by atoms with Crippen LogP contribution in [0.5, 0.6) is 0 Å². The van der Waals surface area contributed by atoms with Crippen LogP contribution in [0.25, 0.3) is 11.4 Å². The van der Waals surface area contributed by atoms with E-state index in [4.69, 9.17) is 14.5 Å². The molecule has 184 valence electrons. The Balaban J connectivity index is 1.58. The quantitative estimate of drug-likeness (QED) is 0.680. The Morgan fingerprint density at radius 3 is 2.38 bits per heavy atom. The average molecular weight is 490 g/mol. The number of carbonyl (C=O) groups excluding carboxylic acids is 1. The monoisotopic (exact) mass is 489 g/mol. The molecule has 34 heavy (non-hydrogen) atoms. The van der Waals surface area contributed by atoms with Crippen molar-refractivity contribution in [2.75, 3.05) is 56.0 Å². The van der Waals surface area contributed by atoms with Crippen LogP contribution < -0.4 is 10.2 Å². The zero-order chi connectivity index (χ0) is 24.3. The number of carbonyl (C=O) groups is 1. The third-order valence-electron chi connectivity index (χ3n) is 5.86. The first-order chi connectivity index (χ1) is 16.2. The lowest BCUT2D eigenvalue weighted by atomic mass is 10.2. The lowest BCUT2D eigenvalue weighted by molar-refractivity contribution is 0.0222. The number of urea groups is 1. The number of nitrogens with one attached hydrogen (secondary N) is 1. The average Bonchev–Trinajstić information content (AvgIpc) is 2.79. The summed E-state index contributed by atoms with van der Waals surface area (Å²) in [6, 6.07) is 8.94. The fourth-order valence-electron chi connectivity index (χ4n) is 4.10. The predicted octanol–water partition coefficient (Wildman–Crippen LogP) is 2.17. The highest BCUT2D eigenvalue weighted by Crippen LogP contribution is 2.25. The molecular weight excluding hydrogens is 458 g/mol. The van der Waals surface area contributed by atoms with Crippen LogP contribution in [0.2, 0.25) is 0 Å². The number of rotatable bonds is 5. The summed E-state index contributed by atoms with van der Waals surface area (Å²) in [6.45, 7) is 7.44. The van der Waals surface area contributed by atoms with Crippen molar-refractivity contribution < 1.29 is 22.7 Å². The van der Waals surface area contributed by atoms with Crippen molar-refractivity contribution in [1.82, 2.24) is 14.9 Å². The number of aromatic nitrogens is 2. The van der Waals surface area contributed by atoms with Gasteiger partial charge in [-0.3, -0.25) is 0 Å². The molecule has 2 aromatic rings. The minimum Gasteiger partial charge on any atom is -0.377 e. The number of sulfone groups is 1. The summed E-state index contributed by atoms with van der Waals surface area (Å²) in [5, 5.41) is 2.92. The van der Waals surface area contributed by atoms with E-state index in [1.54, 1.807) is 23.1 Å². The van der Waals surface area contributed by atoms with Gasteiger partial charge in [-0.1, -0.05) is 0 Å². The molecule has 2 aliphatic rings. The van der Waals surface area contributed by atoms with E-state index in [2.05, 4.69) is 15.2 Å². The number of benzene rings is 1. The third kappa shape index (κ3) is 6.02. The fourth-order valence-corrected chi connectivity index (χ4v) is 4.78. The topological polar surface area (TPSA) is 114 Å². The van der Waals surface area contributed by atoms with Crippen molar-refractivity contribution in [2.24, 2.45) is 0 Å². The van der Waals surface area contributed by atoms with Gasteiger partial charge in [0.15, 0.2) is 15.7 Å². The zero-order valence-corrected chi connectivity index (χ0v) is 20.5. The maximum Gasteiger partial charge on any atom is 0.322 e. The van der Waals surface area contributed by atoms with Gasteiger partial charge >= 0.3 is 6.03 Å². The van der Waals surface area contributed by atoms with Gasteiger partial charge in [0.25, 0.3) is 0 Å². The molecule has 10 nitrogen and oxygen atoms in total. The van der Waals surface area contributed by atoms with Gasteiger partial charge in [0, 0.05) is 36.7 Å². The van der Waals surface area contributed by atoms with Gasteiger partial charge in [0.1, 0.15) is 5.82 Å². The molecule has 1 N–H and O–H groups in total. The normalized spacial score (nSPS) is 21.4. The molecule has 3 heterocycles. The number of hydrogen-bond donors (Lipinski definition) is 1. The van der Waals surface area contributed by atoms with Crippen molar-refractivity contribution in [2.45, 2.75) is 31.7 Å². The largest absolute Gasteiger partial charge is 0.377 e. The van der Waals surface area contributed by atoms with Crippen LogP contribution >= 0.6 is 0 Å². The number of nitrogens with zero attached hydrogens (tertiary/aromatic N) is 4. The van der Waals surface area contributed by atoms with E-state index in [1.807, 2.05) is 26.0 Å². The van der Waals surface area contributed by atoms with Crippen LogP contribution in [0.15, 0.2) is 30.3 Å². The molecule has 0 bridgehead atoms. The Morgan fingerprint density at radius 1 is 1.06 bits per heavy atom. The number of ether oxygens (including phenoxy) is 2. The second-order valence-electron chi connectivity index (χ2n) is 8.85. The van der Waals surface area contributed by atoms with Crippen LogP contribution in [0.3, 0.4) is 0 Å². The Morgan fingerprint density at radius 2 is 1.74 bits per heavy atom. The minimum atomic E-state index is -3.27. The molecule has 2 fully saturated rings. The smallest absolute Gasteiger partial charge is 0.322 e. The van der Waals surface area contributed by atoms with Gasteiger partial charge < -0.3 is 24.6 Å². The second-order valence-corrected chi connectivity index (χ2v) is 11.0. The maximum atomic E-state index is 12.6. The first-order valence-corrected chi connectivity index (χ1v) is 13.4. The summed E-state index contributed by atoms with van der Waals surface area (Å²) in [6.07, 6.45) is 1.19. The predicted molar refractivity (Wildman–Crippen MR) is 130 cm³/mol. The van der Waals surface area contributed by atoms with Gasteiger partial charge in [0.05, 0.1) is 50.0 Å². The van der Waals surface area contributed by atoms with Crippen LogP contribution in [-0.4, -0.2) is 87.2 Å². The zero-order valence-electron chi connectivity index (χ0n) is 19.7. The molecule has 2 saturated heterocycles. The van der Waals surface area contributed by atoms with E-state index in [9.17, 15) is 13.2 Å². The second kappa shape index (κ2) is 10.2. The van der Waals surface area contributed by atoms with Crippen molar-refractivity contribution in [1.29, 1.82) is 0 Å². The Labute approximate surface area is 200 Å². The summed E-state index contributed by atoms with van der Waals surface area (Å²) in [4.78, 5) is 25.7. The van der Waals surface area contributed by atoms with E-state index in [0.717, 1.165) is 5.56 Å². The SMILES string of the molecule is C[C@H]1COCCN1C(=O)Nc1ccc(-c2nc(CS(C)(=O)=O)cc(N3CCOC[C@@H]3C)n2)cc1. The van der Waals surface area contributed by atoms with Crippen molar-refractivity contribution in [3.63, 3.8) is 0 Å². The van der Waals surface area contributed by atoms with Crippen LogP contribution in [0.4, 0.5) is 16.3 Å². The Hall–Kier alpha value is -2.76. The van der Waals surface area contributed by atoms with E-state index in [0.29, 0.717) is 62.5 Å². The highest BCUT2D eigenvalue weighted by atomic mass is 32.2. The molecule has 1 aromatic carbocycles. The van der Waals surface area contributed by atoms with Gasteiger partial charge in [-0.05, 0) is 38.1 Å². The lowest BCUT2D eigenvalue weighted by Gasteiger charge is -2.34. The molecule has 11 heteroatoms. The summed E-state index contributed by atoms with van der Waals surface area (Å²) < 4.78 is 34.8. The fraction of sp³-hybridized carbons (Fsp3) is 0.522. The number of anilines is 2. The summed E-state index contributed by atoms with van der Waals surface area (Å²) in [7, 11) is -3.27. The van der Waals surface area contributed by atoms with E-state index in [1.165, 1.54) is 6.26 Å². The van der Waals surface area contributed by atoms with E-state index in [-0.39, 0.29) is 23.9 Å². The minimum absolute atomic E-state index is 0.0139. The Kier molecular flexibility index (Phi) is 7.34. The van der Waals surface area contributed by atoms with E-state index < -0.39 is 9.84 Å². The van der Waals surface area contributed by atoms with Crippen LogP contribution in [0.1, 0.15) is 19.5 Å². The number of hydrogen-bond acceptors (Lipinski definition) is 8. The van der Waals surface area contributed by atoms with Crippen molar-refractivity contribution >= 4 is 27.4 Å². The van der Waals surface area contributed by atoms with Crippen molar-refractivity contribution in [3.05, 3.63) is 36.0 Å². The van der Waals surface area contributed by atoms with E-state index >= 15 is 0 Å². The molecule has 0 spiro atoms. The van der Waals surface area contributed by atoms with Gasteiger partial charge in [-0.25, -0.2) is 23.2 Å². The third-order valence-corrected chi connectivity index (χ3v) is 6.68. The molecule has 2 aliphatic heterocycles. The molecule has 0 aliphatic carbocycles. The molecule has 0 saturated carbocycles. The standard InChI is InChI=1S/C23H31N5O5S/c1-16-13-32-10-8-27(16)21-12-20(15-34(3,30)31)24-22(26-21)18-4-6-19(7-5-18)25-23(29)28-9-11-33-14-17(28)2/h4-7,12,16-17H,8-11,13-15H2,1-3H3,(H,25,29)/t16-,17-/m0/s1. The molecule has 0 unspecified atom stereocenters. The molecule has 2 amide bonds. The highest BCUT2D eigenvalue weighted by Gasteiger charge is 2.24. The van der Waals surface area contributed by atoms with Crippen LogP contribution in [-0.2, 0) is 25.1 Å². The molecule has 2 atom stereocenters. The summed E-state index contributed by atoms with van der Waals surface area (Å²) in [5.74, 6) is 0.952. The number of amides is 2. The molecule has 4 rings (SSSR count). The molecular formula is C23H31N5O5S. The summed E-state index contributed by atoms with van der Waals surface area (Å²) >= 11 is 0. The Bertz CT molecular complexity index is 1130. The van der Waals surface area contributed by atoms with Crippen LogP contribution in [0, 0.1) is 0 Å². The molecule has 0 radical (unpaired) electrons. The first-order valence-electron chi connectivity index (χ1n) is 11.4. The lowest BCUT2D eigenvalue weighted by Crippen LogP contribution is -2.48. The maximum absolute atomic E-state index is 12.6. The highest BCUT2D eigenvalue weighted by molar-refractivity contribution is 7.89. The van der Waals surface area contributed by atoms with Gasteiger partial charge in [-0.2, -0.15) is 0 Å². The molecule has 1 aromatic heterocycles. The first kappa shape index (κ1) is 24.4. The van der Waals surface area contributed by atoms with Gasteiger partial charge in [-0.15, -0.1) is 0 Å². The number of morpholine rings is 2.